The first kappa shape index (κ1) is 18.9. The molecule has 0 unspecified atom stereocenters. The summed E-state index contributed by atoms with van der Waals surface area (Å²) in [5.41, 5.74) is 0.551. The van der Waals surface area contributed by atoms with Gasteiger partial charge in [-0.1, -0.05) is 30.3 Å². The molecule has 3 rings (SSSR count). The number of nitrogens with zero attached hydrogens (tertiary/aromatic N) is 1. The van der Waals surface area contributed by atoms with Crippen LogP contribution >= 0.6 is 11.3 Å². The number of hydrogen-bond donors (Lipinski definition) is 1. The van der Waals surface area contributed by atoms with Crippen LogP contribution in [0.3, 0.4) is 0 Å². The average Bonchev–Trinajstić information content (AvgIpc) is 3.09. The van der Waals surface area contributed by atoms with Crippen molar-refractivity contribution in [2.45, 2.75) is 44.6 Å². The molecule has 0 bridgehead atoms. The molecule has 26 heavy (non-hydrogen) atoms. The van der Waals surface area contributed by atoms with Crippen molar-refractivity contribution in [2.75, 3.05) is 6.61 Å². The van der Waals surface area contributed by atoms with Gasteiger partial charge in [0.2, 0.25) is 0 Å². The van der Waals surface area contributed by atoms with Gasteiger partial charge in [0, 0.05) is 12.5 Å². The van der Waals surface area contributed by atoms with Crippen molar-refractivity contribution in [3.8, 4) is 0 Å². The zero-order valence-corrected chi connectivity index (χ0v) is 15.1. The summed E-state index contributed by atoms with van der Waals surface area (Å²) in [7, 11) is 0. The fourth-order valence-electron chi connectivity index (χ4n) is 3.32. The smallest absolute Gasteiger partial charge is 0.348 e. The fraction of sp³-hybridized carbons (Fsp3) is 0.474. The number of carbonyl (C=O) groups is 1. The van der Waals surface area contributed by atoms with Crippen molar-refractivity contribution in [3.05, 3.63) is 51.5 Å². The quantitative estimate of drug-likeness (QED) is 0.710. The van der Waals surface area contributed by atoms with Gasteiger partial charge in [0.05, 0.1) is 11.6 Å². The Hall–Kier alpha value is -1.86. The standard InChI is InChI=1S/C19H21F2NO3S/c20-17(21)15-16(19(23)24)26-18(22-15)14-8-6-13(7-9-14)11-25-10-12-4-2-1-3-5-12/h1-5,13-14,17H,6-11H2,(H,23,24). The maximum Gasteiger partial charge on any atom is 0.348 e. The first-order chi connectivity index (χ1) is 12.5. The van der Waals surface area contributed by atoms with Crippen LogP contribution in [0, 0.1) is 5.92 Å². The van der Waals surface area contributed by atoms with Crippen LogP contribution in [0.1, 0.15) is 64.0 Å². The summed E-state index contributed by atoms with van der Waals surface area (Å²) in [5, 5.41) is 9.61. The highest BCUT2D eigenvalue weighted by Crippen LogP contribution is 2.40. The van der Waals surface area contributed by atoms with Crippen molar-refractivity contribution in [3.63, 3.8) is 0 Å². The molecule has 1 heterocycles. The van der Waals surface area contributed by atoms with Crippen LogP contribution < -0.4 is 0 Å². The third kappa shape index (κ3) is 4.65. The Morgan fingerprint density at radius 3 is 2.50 bits per heavy atom. The monoisotopic (exact) mass is 381 g/mol. The van der Waals surface area contributed by atoms with E-state index in [9.17, 15) is 13.6 Å². The van der Waals surface area contributed by atoms with E-state index in [-0.39, 0.29) is 10.8 Å². The SMILES string of the molecule is O=C(O)c1sc(C2CCC(COCc3ccccc3)CC2)nc1C(F)F. The Kier molecular flexibility index (Phi) is 6.32. The maximum absolute atomic E-state index is 13.0. The Bertz CT molecular complexity index is 728. The molecule has 1 fully saturated rings. The third-order valence-corrected chi connectivity index (χ3v) is 5.95. The van der Waals surface area contributed by atoms with Gasteiger partial charge in [-0.15, -0.1) is 11.3 Å². The Morgan fingerprint density at radius 2 is 1.92 bits per heavy atom. The van der Waals surface area contributed by atoms with Crippen molar-refractivity contribution < 1.29 is 23.4 Å². The highest BCUT2D eigenvalue weighted by molar-refractivity contribution is 7.13. The summed E-state index contributed by atoms with van der Waals surface area (Å²) in [5.74, 6) is -0.813. The summed E-state index contributed by atoms with van der Waals surface area (Å²) in [4.78, 5) is 14.7. The van der Waals surface area contributed by atoms with Gasteiger partial charge in [-0.05, 0) is 37.2 Å². The van der Waals surface area contributed by atoms with Crippen molar-refractivity contribution in [2.24, 2.45) is 5.92 Å². The van der Waals surface area contributed by atoms with Crippen LogP contribution in [-0.4, -0.2) is 22.7 Å². The number of ether oxygens (including phenoxy) is 1. The molecule has 0 radical (unpaired) electrons. The van der Waals surface area contributed by atoms with Crippen LogP contribution in [0.2, 0.25) is 0 Å². The number of alkyl halides is 2. The van der Waals surface area contributed by atoms with Gasteiger partial charge < -0.3 is 9.84 Å². The number of aromatic nitrogens is 1. The lowest BCUT2D eigenvalue weighted by molar-refractivity contribution is 0.0689. The second-order valence-corrected chi connectivity index (χ2v) is 7.62. The molecule has 0 atom stereocenters. The van der Waals surface area contributed by atoms with Crippen LogP contribution in [-0.2, 0) is 11.3 Å². The number of aromatic carboxylic acids is 1. The van der Waals surface area contributed by atoms with Crippen molar-refractivity contribution in [1.29, 1.82) is 0 Å². The maximum atomic E-state index is 13.0. The minimum atomic E-state index is -2.85. The lowest BCUT2D eigenvalue weighted by Gasteiger charge is -2.27. The largest absolute Gasteiger partial charge is 0.477 e. The lowest BCUT2D eigenvalue weighted by atomic mass is 9.83. The number of halogens is 2. The highest BCUT2D eigenvalue weighted by Gasteiger charge is 2.29. The minimum absolute atomic E-state index is 0.0657. The molecule has 1 aliphatic carbocycles. The Balaban J connectivity index is 1.50. The third-order valence-electron chi connectivity index (χ3n) is 4.73. The predicted octanol–water partition coefficient (Wildman–Crippen LogP) is 5.27. The molecule has 0 aliphatic heterocycles. The lowest BCUT2D eigenvalue weighted by Crippen LogP contribution is -2.17. The van der Waals surface area contributed by atoms with Crippen LogP contribution in [0.15, 0.2) is 30.3 Å². The van der Waals surface area contributed by atoms with E-state index in [2.05, 4.69) is 4.98 Å². The number of benzene rings is 1. The van der Waals surface area contributed by atoms with Gasteiger partial charge in [0.25, 0.3) is 6.43 Å². The zero-order chi connectivity index (χ0) is 18.5. The predicted molar refractivity (Wildman–Crippen MR) is 94.8 cm³/mol. The van der Waals surface area contributed by atoms with Gasteiger partial charge in [-0.3, -0.25) is 0 Å². The summed E-state index contributed by atoms with van der Waals surface area (Å²) in [6, 6.07) is 9.99. The molecule has 140 valence electrons. The van der Waals surface area contributed by atoms with E-state index in [1.165, 1.54) is 0 Å². The number of carboxylic acid groups (broad SMARTS) is 1. The molecule has 7 heteroatoms. The minimum Gasteiger partial charge on any atom is -0.477 e. The van der Waals surface area contributed by atoms with Crippen LogP contribution in [0.5, 0.6) is 0 Å². The van der Waals surface area contributed by atoms with Gasteiger partial charge in [0.1, 0.15) is 10.6 Å². The molecule has 0 saturated heterocycles. The molecular weight excluding hydrogens is 360 g/mol. The molecule has 0 spiro atoms. The second-order valence-electron chi connectivity index (χ2n) is 6.59. The number of thiazole rings is 1. The zero-order valence-electron chi connectivity index (χ0n) is 14.2. The second kappa shape index (κ2) is 8.68. The van der Waals surface area contributed by atoms with E-state index < -0.39 is 18.1 Å². The highest BCUT2D eigenvalue weighted by atomic mass is 32.1. The summed E-state index contributed by atoms with van der Waals surface area (Å²) >= 11 is 0.897. The normalized spacial score (nSPS) is 20.4. The Labute approximate surface area is 154 Å². The Morgan fingerprint density at radius 1 is 1.23 bits per heavy atom. The first-order valence-corrected chi connectivity index (χ1v) is 9.50. The van der Waals surface area contributed by atoms with Crippen molar-refractivity contribution >= 4 is 17.3 Å². The molecule has 1 aromatic carbocycles. The number of hydrogen-bond acceptors (Lipinski definition) is 4. The van der Waals surface area contributed by atoms with E-state index in [0.717, 1.165) is 42.6 Å². The molecule has 2 aromatic rings. The van der Waals surface area contributed by atoms with Crippen LogP contribution in [0.4, 0.5) is 8.78 Å². The van der Waals surface area contributed by atoms with E-state index in [1.54, 1.807) is 0 Å². The average molecular weight is 381 g/mol. The van der Waals surface area contributed by atoms with Gasteiger partial charge in [-0.25, -0.2) is 18.6 Å². The van der Waals surface area contributed by atoms with E-state index in [1.807, 2.05) is 30.3 Å². The topological polar surface area (TPSA) is 59.4 Å². The number of carboxylic acids is 1. The van der Waals surface area contributed by atoms with Crippen molar-refractivity contribution in [1.82, 2.24) is 4.98 Å². The molecule has 4 nitrogen and oxygen atoms in total. The molecule has 0 amide bonds. The summed E-state index contributed by atoms with van der Waals surface area (Å²) < 4.78 is 31.7. The molecule has 1 saturated carbocycles. The van der Waals surface area contributed by atoms with E-state index in [0.29, 0.717) is 24.1 Å². The van der Waals surface area contributed by atoms with Crippen LogP contribution in [0.25, 0.3) is 0 Å². The summed E-state index contributed by atoms with van der Waals surface area (Å²) in [6.45, 7) is 1.27. The van der Waals surface area contributed by atoms with Gasteiger partial charge in [-0.2, -0.15) is 0 Å². The fourth-order valence-corrected chi connectivity index (χ4v) is 4.40. The summed E-state index contributed by atoms with van der Waals surface area (Å²) in [6.07, 6.45) is 0.675. The molecule has 1 aromatic heterocycles. The molecule has 1 N–H and O–H groups in total. The molecule has 1 aliphatic rings. The van der Waals surface area contributed by atoms with Gasteiger partial charge >= 0.3 is 5.97 Å². The number of rotatable bonds is 7. The molecular formula is C19H21F2NO3S. The first-order valence-electron chi connectivity index (χ1n) is 8.68. The van der Waals surface area contributed by atoms with Gasteiger partial charge in [0.15, 0.2) is 0 Å². The van der Waals surface area contributed by atoms with E-state index in [4.69, 9.17) is 9.84 Å². The van der Waals surface area contributed by atoms with E-state index >= 15 is 0 Å².